The first kappa shape index (κ1) is 21.6. The summed E-state index contributed by atoms with van der Waals surface area (Å²) >= 11 is 0. The summed E-state index contributed by atoms with van der Waals surface area (Å²) in [6.45, 7) is 0.199. The highest BCUT2D eigenvalue weighted by molar-refractivity contribution is 6.04. The van der Waals surface area contributed by atoms with Crippen molar-refractivity contribution >= 4 is 33.7 Å². The summed E-state index contributed by atoms with van der Waals surface area (Å²) in [4.78, 5) is 25.5. The van der Waals surface area contributed by atoms with Gasteiger partial charge in [0.05, 0.1) is 24.6 Å². The molecule has 2 aliphatic rings. The number of anilines is 1. The molecule has 0 spiro atoms. The van der Waals surface area contributed by atoms with Gasteiger partial charge in [0, 0.05) is 33.8 Å². The number of hydrogen-bond donors (Lipinski definition) is 2. The van der Waals surface area contributed by atoms with Crippen molar-refractivity contribution in [3.05, 3.63) is 48.5 Å². The molecule has 0 saturated heterocycles. The van der Waals surface area contributed by atoms with E-state index in [9.17, 15) is 4.79 Å². The molecule has 8 nitrogen and oxygen atoms in total. The molecular formula is C27H26N6O2. The number of carbonyl (C=O) groups is 1. The van der Waals surface area contributed by atoms with E-state index in [2.05, 4.69) is 36.8 Å². The lowest BCUT2D eigenvalue weighted by atomic mass is 9.90. The summed E-state index contributed by atoms with van der Waals surface area (Å²) in [7, 11) is 1.41. The van der Waals surface area contributed by atoms with Crippen molar-refractivity contribution in [3.8, 4) is 23.5 Å². The monoisotopic (exact) mass is 466 g/mol. The van der Waals surface area contributed by atoms with E-state index in [0.29, 0.717) is 5.82 Å². The molecule has 8 heteroatoms. The van der Waals surface area contributed by atoms with E-state index in [1.54, 1.807) is 0 Å². The highest BCUT2D eigenvalue weighted by atomic mass is 16.5. The molecule has 3 N–H and O–H groups in total. The number of aromatic nitrogens is 4. The van der Waals surface area contributed by atoms with Crippen molar-refractivity contribution < 1.29 is 9.53 Å². The standard InChI is InChI=1S/C27H26N6O2/c1-3-20-22(18-12-17-6-4-5-7-19(17)29-13-18)23-24(28)30-16-31-25(23)33(20)27-10-8-26(15-27,9-11-27)32-14-21(34)35-2/h1,4-7,12-13,16,32H,8-11,14-15H2,2H3,(H2,28,30,31). The molecule has 3 aromatic heterocycles. The van der Waals surface area contributed by atoms with Crippen LogP contribution in [0, 0.1) is 12.3 Å². The number of nitrogen functional groups attached to an aromatic ring is 1. The van der Waals surface area contributed by atoms with E-state index >= 15 is 0 Å². The van der Waals surface area contributed by atoms with Crippen LogP contribution in [0.15, 0.2) is 42.9 Å². The van der Waals surface area contributed by atoms with Crippen molar-refractivity contribution in [2.45, 2.75) is 43.2 Å². The number of benzene rings is 1. The molecule has 0 amide bonds. The Labute approximate surface area is 202 Å². The minimum atomic E-state index is -0.258. The number of pyridine rings is 1. The minimum Gasteiger partial charge on any atom is -0.468 e. The lowest BCUT2D eigenvalue weighted by molar-refractivity contribution is -0.139. The van der Waals surface area contributed by atoms with Crippen molar-refractivity contribution in [1.29, 1.82) is 0 Å². The van der Waals surface area contributed by atoms with Gasteiger partial charge >= 0.3 is 5.97 Å². The maximum Gasteiger partial charge on any atom is 0.319 e. The number of nitrogens with zero attached hydrogens (tertiary/aromatic N) is 4. The number of ether oxygens (including phenoxy) is 1. The summed E-state index contributed by atoms with van der Waals surface area (Å²) in [6, 6.07) is 10.1. The SMILES string of the molecule is C#Cc1c(-c2cnc3ccccc3c2)c2c(N)ncnc2n1C12CCC(NCC(=O)OC)(CC1)C2. The predicted octanol–water partition coefficient (Wildman–Crippen LogP) is 3.38. The summed E-state index contributed by atoms with van der Waals surface area (Å²) in [6.07, 6.45) is 14.2. The third-order valence-electron chi connectivity index (χ3n) is 7.91. The van der Waals surface area contributed by atoms with Crippen molar-refractivity contribution in [1.82, 2.24) is 24.8 Å². The zero-order valence-corrected chi connectivity index (χ0v) is 19.5. The van der Waals surface area contributed by atoms with E-state index in [4.69, 9.17) is 16.9 Å². The number of terminal acetylenes is 1. The Morgan fingerprint density at radius 3 is 2.80 bits per heavy atom. The van der Waals surface area contributed by atoms with Gasteiger partial charge in [-0.3, -0.25) is 9.78 Å². The number of nitrogens with two attached hydrogens (primary N) is 1. The van der Waals surface area contributed by atoms with Gasteiger partial charge in [-0.2, -0.15) is 0 Å². The average molecular weight is 467 g/mol. The Bertz CT molecular complexity index is 1520. The number of nitrogens with one attached hydrogen (secondary N) is 1. The first-order chi connectivity index (χ1) is 17.0. The van der Waals surface area contributed by atoms with Crippen molar-refractivity contribution in [2.24, 2.45) is 0 Å². The van der Waals surface area contributed by atoms with Crippen LogP contribution in [-0.2, 0) is 15.1 Å². The molecule has 2 fully saturated rings. The molecule has 35 heavy (non-hydrogen) atoms. The minimum absolute atomic E-state index is 0.125. The summed E-state index contributed by atoms with van der Waals surface area (Å²) in [5.74, 6) is 3.11. The summed E-state index contributed by atoms with van der Waals surface area (Å²) in [5.41, 5.74) is 10.3. The Balaban J connectivity index is 1.53. The number of hydrogen-bond acceptors (Lipinski definition) is 7. The smallest absolute Gasteiger partial charge is 0.319 e. The molecule has 2 bridgehead atoms. The number of carbonyl (C=O) groups excluding carboxylic acids is 1. The third kappa shape index (κ3) is 3.19. The third-order valence-corrected chi connectivity index (χ3v) is 7.91. The summed E-state index contributed by atoms with van der Waals surface area (Å²) < 4.78 is 7.06. The topological polar surface area (TPSA) is 108 Å². The van der Waals surface area contributed by atoms with E-state index in [0.717, 1.165) is 70.9 Å². The molecule has 6 rings (SSSR count). The first-order valence-electron chi connectivity index (χ1n) is 11.8. The van der Waals surface area contributed by atoms with Gasteiger partial charge in [-0.15, -0.1) is 6.42 Å². The number of fused-ring (bicyclic) bond motifs is 4. The maximum atomic E-state index is 11.8. The zero-order chi connectivity index (χ0) is 24.2. The van der Waals surface area contributed by atoms with Gasteiger partial charge in [0.1, 0.15) is 23.5 Å². The van der Waals surface area contributed by atoms with Crippen LogP contribution in [0.1, 0.15) is 37.8 Å². The average Bonchev–Trinajstić information content (AvgIpc) is 3.56. The van der Waals surface area contributed by atoms with Gasteiger partial charge < -0.3 is 20.4 Å². The van der Waals surface area contributed by atoms with Crippen LogP contribution in [0.2, 0.25) is 0 Å². The van der Waals surface area contributed by atoms with Gasteiger partial charge in [-0.05, 0) is 44.2 Å². The van der Waals surface area contributed by atoms with Crippen LogP contribution < -0.4 is 11.1 Å². The lowest BCUT2D eigenvalue weighted by Gasteiger charge is -2.30. The predicted molar refractivity (Wildman–Crippen MR) is 134 cm³/mol. The second kappa shape index (κ2) is 7.79. The van der Waals surface area contributed by atoms with Gasteiger partial charge in [0.25, 0.3) is 0 Å². The van der Waals surface area contributed by atoms with Crippen LogP contribution in [-0.4, -0.2) is 44.7 Å². The van der Waals surface area contributed by atoms with Crippen LogP contribution in [0.3, 0.4) is 0 Å². The molecule has 4 aromatic rings. The summed E-state index contributed by atoms with van der Waals surface area (Å²) in [5, 5.41) is 5.27. The second-order valence-electron chi connectivity index (χ2n) is 9.69. The normalized spacial score (nSPS) is 23.1. The Morgan fingerprint density at radius 2 is 2.03 bits per heavy atom. The zero-order valence-electron chi connectivity index (χ0n) is 19.5. The lowest BCUT2D eigenvalue weighted by Crippen LogP contribution is -2.44. The van der Waals surface area contributed by atoms with Gasteiger partial charge in [0.15, 0.2) is 0 Å². The van der Waals surface area contributed by atoms with E-state index in [-0.39, 0.29) is 23.6 Å². The molecule has 1 aromatic carbocycles. The Kier molecular flexibility index (Phi) is 4.80. The molecular weight excluding hydrogens is 440 g/mol. The van der Waals surface area contributed by atoms with E-state index < -0.39 is 0 Å². The Morgan fingerprint density at radius 1 is 1.23 bits per heavy atom. The van der Waals surface area contributed by atoms with Crippen LogP contribution in [0.25, 0.3) is 33.1 Å². The van der Waals surface area contributed by atoms with Gasteiger partial charge in [0.2, 0.25) is 0 Å². The molecule has 0 unspecified atom stereocenters. The number of rotatable bonds is 5. The van der Waals surface area contributed by atoms with Crippen molar-refractivity contribution in [3.63, 3.8) is 0 Å². The second-order valence-corrected chi connectivity index (χ2v) is 9.69. The van der Waals surface area contributed by atoms with E-state index in [1.807, 2.05) is 30.5 Å². The van der Waals surface area contributed by atoms with Crippen LogP contribution >= 0.6 is 0 Å². The highest BCUT2D eigenvalue weighted by Gasteiger charge is 2.56. The van der Waals surface area contributed by atoms with E-state index in [1.165, 1.54) is 13.4 Å². The first-order valence-corrected chi connectivity index (χ1v) is 11.8. The molecule has 0 aliphatic heterocycles. The fourth-order valence-electron chi connectivity index (χ4n) is 6.27. The molecule has 2 saturated carbocycles. The van der Waals surface area contributed by atoms with Crippen LogP contribution in [0.4, 0.5) is 5.82 Å². The number of esters is 1. The van der Waals surface area contributed by atoms with Gasteiger partial charge in [-0.1, -0.05) is 24.1 Å². The maximum absolute atomic E-state index is 11.8. The highest BCUT2D eigenvalue weighted by Crippen LogP contribution is 2.57. The molecule has 2 aliphatic carbocycles. The molecule has 176 valence electrons. The molecule has 0 radical (unpaired) electrons. The molecule has 3 heterocycles. The largest absolute Gasteiger partial charge is 0.468 e. The number of methoxy groups -OCH3 is 1. The van der Waals surface area contributed by atoms with Crippen molar-refractivity contribution in [2.75, 3.05) is 19.4 Å². The van der Waals surface area contributed by atoms with Gasteiger partial charge in [-0.25, -0.2) is 9.97 Å². The fraction of sp³-hybridized carbons (Fsp3) is 0.333. The fourth-order valence-corrected chi connectivity index (χ4v) is 6.27. The number of para-hydroxylation sites is 1. The van der Waals surface area contributed by atoms with Crippen LogP contribution in [0.5, 0.6) is 0 Å². The Hall–Kier alpha value is -3.96. The molecule has 0 atom stereocenters. The quantitative estimate of drug-likeness (QED) is 0.343.